The normalized spacial score (nSPS) is 15.3. The van der Waals surface area contributed by atoms with Crippen molar-refractivity contribution in [2.24, 2.45) is 5.73 Å². The van der Waals surface area contributed by atoms with Crippen LogP contribution in [0.3, 0.4) is 0 Å². The molecule has 0 aromatic rings. The topological polar surface area (TPSA) is 52.3 Å². The van der Waals surface area contributed by atoms with Gasteiger partial charge in [-0.3, -0.25) is 4.79 Å². The Labute approximate surface area is 78.0 Å². The highest BCUT2D eigenvalue weighted by Gasteiger charge is 2.28. The Bertz CT molecular complexity index is 148. The third-order valence-electron chi connectivity index (χ3n) is 1.40. The van der Waals surface area contributed by atoms with E-state index in [0.717, 1.165) is 12.2 Å². The lowest BCUT2D eigenvalue weighted by atomic mass is 10.1. The van der Waals surface area contributed by atoms with Crippen molar-refractivity contribution in [3.05, 3.63) is 0 Å². The maximum atomic E-state index is 11.1. The van der Waals surface area contributed by atoms with Gasteiger partial charge >= 0.3 is 5.97 Å². The monoisotopic (exact) mass is 191 g/mol. The fourth-order valence-electron chi connectivity index (χ4n) is 0.721. The first kappa shape index (κ1) is 11.8. The summed E-state index contributed by atoms with van der Waals surface area (Å²) < 4.78 is 4.57. The molecule has 2 N–H and O–H groups in total. The van der Waals surface area contributed by atoms with Crippen LogP contribution in [0.4, 0.5) is 0 Å². The first-order chi connectivity index (χ1) is 5.54. The van der Waals surface area contributed by atoms with Crippen molar-refractivity contribution >= 4 is 17.7 Å². The van der Waals surface area contributed by atoms with Crippen LogP contribution in [0.5, 0.6) is 0 Å². The fraction of sp³-hybridized carbons (Fsp3) is 0.875. The van der Waals surface area contributed by atoms with Gasteiger partial charge in [0.1, 0.15) is 5.54 Å². The van der Waals surface area contributed by atoms with Gasteiger partial charge in [0.15, 0.2) is 0 Å². The van der Waals surface area contributed by atoms with E-state index in [2.05, 4.69) is 11.7 Å². The zero-order valence-electron chi connectivity index (χ0n) is 7.92. The Morgan fingerprint density at radius 1 is 1.67 bits per heavy atom. The van der Waals surface area contributed by atoms with Gasteiger partial charge < -0.3 is 10.5 Å². The van der Waals surface area contributed by atoms with E-state index in [-0.39, 0.29) is 5.97 Å². The van der Waals surface area contributed by atoms with Crippen molar-refractivity contribution in [2.45, 2.75) is 25.8 Å². The van der Waals surface area contributed by atoms with Crippen LogP contribution in [0.15, 0.2) is 0 Å². The number of esters is 1. The molecule has 0 aliphatic rings. The van der Waals surface area contributed by atoms with Gasteiger partial charge in [-0.2, -0.15) is 11.8 Å². The van der Waals surface area contributed by atoms with Crippen molar-refractivity contribution in [3.63, 3.8) is 0 Å². The van der Waals surface area contributed by atoms with E-state index in [1.165, 1.54) is 7.11 Å². The van der Waals surface area contributed by atoms with Gasteiger partial charge in [-0.15, -0.1) is 0 Å². The molecule has 0 bridgehead atoms. The maximum Gasteiger partial charge on any atom is 0.326 e. The minimum Gasteiger partial charge on any atom is -0.468 e. The summed E-state index contributed by atoms with van der Waals surface area (Å²) in [5.74, 6) is 1.31. The van der Waals surface area contributed by atoms with Crippen molar-refractivity contribution in [2.75, 3.05) is 18.6 Å². The van der Waals surface area contributed by atoms with Gasteiger partial charge in [-0.1, -0.05) is 6.92 Å². The highest BCUT2D eigenvalue weighted by molar-refractivity contribution is 7.99. The molecule has 0 aromatic carbocycles. The summed E-state index contributed by atoms with van der Waals surface area (Å²) in [6, 6.07) is 0. The number of rotatable bonds is 5. The number of nitrogens with two attached hydrogens (primary N) is 1. The number of hydrogen-bond acceptors (Lipinski definition) is 4. The van der Waals surface area contributed by atoms with Gasteiger partial charge in [0.2, 0.25) is 0 Å². The molecule has 4 heteroatoms. The first-order valence-electron chi connectivity index (χ1n) is 3.99. The minimum absolute atomic E-state index is 0.342. The summed E-state index contributed by atoms with van der Waals surface area (Å²) in [5, 5.41) is 0. The fourth-order valence-corrected chi connectivity index (χ4v) is 1.70. The zero-order valence-corrected chi connectivity index (χ0v) is 8.74. The first-order valence-corrected chi connectivity index (χ1v) is 5.15. The third-order valence-corrected chi connectivity index (χ3v) is 2.90. The molecule has 0 amide bonds. The summed E-state index contributed by atoms with van der Waals surface area (Å²) >= 11 is 1.68. The molecule has 12 heavy (non-hydrogen) atoms. The Morgan fingerprint density at radius 3 is 2.67 bits per heavy atom. The van der Waals surface area contributed by atoms with Crippen LogP contribution in [0, 0.1) is 0 Å². The number of ether oxygens (including phenoxy) is 1. The van der Waals surface area contributed by atoms with Gasteiger partial charge in [-0.05, 0) is 19.1 Å². The summed E-state index contributed by atoms with van der Waals surface area (Å²) in [6.45, 7) is 3.79. The average molecular weight is 191 g/mol. The molecular formula is C8H17NO2S. The molecule has 1 unspecified atom stereocenters. The number of carbonyl (C=O) groups is 1. The van der Waals surface area contributed by atoms with Crippen LogP contribution in [-0.4, -0.2) is 30.1 Å². The van der Waals surface area contributed by atoms with Crippen LogP contribution in [-0.2, 0) is 9.53 Å². The molecule has 1 atom stereocenters. The van der Waals surface area contributed by atoms with Crippen molar-refractivity contribution < 1.29 is 9.53 Å². The van der Waals surface area contributed by atoms with Crippen LogP contribution in [0.2, 0.25) is 0 Å². The molecule has 0 aliphatic heterocycles. The van der Waals surface area contributed by atoms with E-state index in [9.17, 15) is 4.79 Å². The Balaban J connectivity index is 3.78. The predicted octanol–water partition coefficient (Wildman–Crippen LogP) is 1.02. The summed E-state index contributed by atoms with van der Waals surface area (Å²) in [6.07, 6.45) is 1.10. The van der Waals surface area contributed by atoms with E-state index in [1.807, 2.05) is 0 Å². The van der Waals surface area contributed by atoms with Gasteiger partial charge in [-0.25, -0.2) is 0 Å². The number of carbonyl (C=O) groups excluding carboxylic acids is 1. The van der Waals surface area contributed by atoms with Gasteiger partial charge in [0, 0.05) is 5.75 Å². The molecule has 0 spiro atoms. The van der Waals surface area contributed by atoms with Gasteiger partial charge in [0.05, 0.1) is 7.11 Å². The Morgan fingerprint density at radius 2 is 2.25 bits per heavy atom. The second kappa shape index (κ2) is 5.43. The lowest BCUT2D eigenvalue weighted by Crippen LogP contribution is -2.48. The van der Waals surface area contributed by atoms with E-state index in [0.29, 0.717) is 5.75 Å². The van der Waals surface area contributed by atoms with Crippen molar-refractivity contribution in [1.82, 2.24) is 0 Å². The lowest BCUT2D eigenvalue weighted by Gasteiger charge is -2.20. The van der Waals surface area contributed by atoms with Crippen LogP contribution in [0.25, 0.3) is 0 Å². The third kappa shape index (κ3) is 3.97. The smallest absolute Gasteiger partial charge is 0.326 e. The molecule has 0 fully saturated rings. The molecule has 0 heterocycles. The summed E-state index contributed by atoms with van der Waals surface area (Å²) in [5.41, 5.74) is 4.88. The largest absolute Gasteiger partial charge is 0.468 e. The molecule has 3 nitrogen and oxygen atoms in total. The Hall–Kier alpha value is -0.220. The van der Waals surface area contributed by atoms with E-state index >= 15 is 0 Å². The number of hydrogen-bond donors (Lipinski definition) is 1. The lowest BCUT2D eigenvalue weighted by molar-refractivity contribution is -0.145. The van der Waals surface area contributed by atoms with Crippen LogP contribution in [0.1, 0.15) is 20.3 Å². The molecule has 0 saturated heterocycles. The van der Waals surface area contributed by atoms with Gasteiger partial charge in [0.25, 0.3) is 0 Å². The molecule has 0 rings (SSSR count). The highest BCUT2D eigenvalue weighted by Crippen LogP contribution is 2.12. The van der Waals surface area contributed by atoms with Crippen LogP contribution < -0.4 is 5.73 Å². The predicted molar refractivity (Wildman–Crippen MR) is 52.2 cm³/mol. The molecule has 0 saturated carbocycles. The Kier molecular flexibility index (Phi) is 5.33. The van der Waals surface area contributed by atoms with Crippen LogP contribution >= 0.6 is 11.8 Å². The van der Waals surface area contributed by atoms with Crippen molar-refractivity contribution in [3.8, 4) is 0 Å². The average Bonchev–Trinajstić information content (AvgIpc) is 2.03. The standard InChI is InChI=1S/C8H17NO2S/c1-4-5-12-6-8(2,9)7(10)11-3/h4-6,9H2,1-3H3. The number of thioether (sulfide) groups is 1. The van der Waals surface area contributed by atoms with E-state index in [4.69, 9.17) is 5.73 Å². The number of methoxy groups -OCH3 is 1. The maximum absolute atomic E-state index is 11.1. The molecule has 0 radical (unpaired) electrons. The molecular weight excluding hydrogens is 174 g/mol. The summed E-state index contributed by atoms with van der Waals surface area (Å²) in [7, 11) is 1.36. The van der Waals surface area contributed by atoms with E-state index < -0.39 is 5.54 Å². The zero-order chi connectivity index (χ0) is 9.61. The molecule has 72 valence electrons. The molecule has 0 aromatic heterocycles. The quantitative estimate of drug-likeness (QED) is 0.520. The second-order valence-corrected chi connectivity index (χ2v) is 4.07. The highest BCUT2D eigenvalue weighted by atomic mass is 32.2. The second-order valence-electron chi connectivity index (χ2n) is 2.96. The minimum atomic E-state index is -0.839. The van der Waals surface area contributed by atoms with Crippen molar-refractivity contribution in [1.29, 1.82) is 0 Å². The summed E-state index contributed by atoms with van der Waals surface area (Å²) in [4.78, 5) is 11.1. The van der Waals surface area contributed by atoms with E-state index in [1.54, 1.807) is 18.7 Å². The molecule has 0 aliphatic carbocycles. The SMILES string of the molecule is CCCSCC(C)(N)C(=O)OC.